The van der Waals surface area contributed by atoms with Crippen LogP contribution in [-0.2, 0) is 11.4 Å². The second kappa shape index (κ2) is 6.72. The zero-order valence-corrected chi connectivity index (χ0v) is 11.6. The first-order valence-corrected chi connectivity index (χ1v) is 6.40. The van der Waals surface area contributed by atoms with Gasteiger partial charge in [0.05, 0.1) is 11.6 Å². The van der Waals surface area contributed by atoms with Gasteiger partial charge < -0.3 is 4.84 Å². The molecule has 3 nitrogen and oxygen atoms in total. The molecule has 0 amide bonds. The number of nitrogens with zero attached hydrogens (tertiary/aromatic N) is 2. The first-order chi connectivity index (χ1) is 9.28. The molecule has 0 aliphatic heterocycles. The number of hydrogen-bond donors (Lipinski definition) is 0. The van der Waals surface area contributed by atoms with E-state index in [2.05, 4.69) is 33.4 Å². The highest BCUT2D eigenvalue weighted by Gasteiger charge is 1.94. The molecule has 0 heterocycles. The van der Waals surface area contributed by atoms with Gasteiger partial charge in [0, 0.05) is 10.0 Å². The number of benzene rings is 2. The lowest BCUT2D eigenvalue weighted by atomic mass is 10.2. The molecular weight excluding hydrogens is 304 g/mol. The molecule has 0 aromatic heterocycles. The summed E-state index contributed by atoms with van der Waals surface area (Å²) in [6.07, 6.45) is 2.79. The minimum absolute atomic E-state index is 0.356. The third-order valence-electron chi connectivity index (χ3n) is 2.40. The summed E-state index contributed by atoms with van der Waals surface area (Å²) in [5, 5.41) is 12.5. The Labute approximate surface area is 120 Å². The molecule has 2 rings (SSSR count). The second-order valence-corrected chi connectivity index (χ2v) is 4.71. The monoisotopic (exact) mass is 313 g/mol. The standard InChI is InChI=1S/C15H10BrN2O/c16-15-7-5-13(6-8-15)10-18-19-11-14-3-1-12(9-17)2-4-14/h1-8H,11H2. The quantitative estimate of drug-likeness (QED) is 0.637. The minimum Gasteiger partial charge on any atom is -0.390 e. The molecule has 4 heteroatoms. The number of nitriles is 1. The molecule has 0 aliphatic rings. The fourth-order valence-corrected chi connectivity index (χ4v) is 1.66. The maximum absolute atomic E-state index is 8.68. The van der Waals surface area contributed by atoms with E-state index in [-0.39, 0.29) is 0 Å². The molecule has 1 radical (unpaired) electrons. The van der Waals surface area contributed by atoms with Crippen molar-refractivity contribution in [1.82, 2.24) is 0 Å². The third kappa shape index (κ3) is 4.23. The lowest BCUT2D eigenvalue weighted by molar-refractivity contribution is 0.132. The lowest BCUT2D eigenvalue weighted by Gasteiger charge is -1.99. The molecule has 0 fully saturated rings. The summed E-state index contributed by atoms with van der Waals surface area (Å²) in [4.78, 5) is 5.15. The van der Waals surface area contributed by atoms with Gasteiger partial charge >= 0.3 is 0 Å². The molecule has 93 valence electrons. The molecule has 2 aromatic rings. The molecule has 0 unspecified atom stereocenters. The van der Waals surface area contributed by atoms with Gasteiger partial charge in [-0.05, 0) is 29.8 Å². The Morgan fingerprint density at radius 2 is 1.63 bits per heavy atom. The molecule has 0 N–H and O–H groups in total. The first kappa shape index (κ1) is 13.3. The number of rotatable bonds is 4. The van der Waals surface area contributed by atoms with E-state index in [0.717, 1.165) is 15.6 Å². The second-order valence-electron chi connectivity index (χ2n) is 3.79. The summed E-state index contributed by atoms with van der Waals surface area (Å²) < 4.78 is 1.01. The van der Waals surface area contributed by atoms with Crippen LogP contribution >= 0.6 is 15.9 Å². The van der Waals surface area contributed by atoms with Gasteiger partial charge in [0.2, 0.25) is 0 Å². The van der Waals surface area contributed by atoms with Crippen LogP contribution in [0.5, 0.6) is 0 Å². The molecule has 0 saturated heterocycles. The lowest BCUT2D eigenvalue weighted by Crippen LogP contribution is -1.88. The largest absolute Gasteiger partial charge is 0.390 e. The molecule has 0 aliphatic carbocycles. The molecule has 0 saturated carbocycles. The van der Waals surface area contributed by atoms with Crippen LogP contribution in [0.4, 0.5) is 0 Å². The summed E-state index contributed by atoms with van der Waals surface area (Å²) in [6, 6.07) is 16.9. The van der Waals surface area contributed by atoms with E-state index >= 15 is 0 Å². The smallest absolute Gasteiger partial charge is 0.142 e. The van der Waals surface area contributed by atoms with Crippen LogP contribution in [0.25, 0.3) is 0 Å². The van der Waals surface area contributed by atoms with Crippen LogP contribution < -0.4 is 0 Å². The van der Waals surface area contributed by atoms with Crippen molar-refractivity contribution in [3.8, 4) is 6.07 Å². The minimum atomic E-state index is 0.356. The van der Waals surface area contributed by atoms with E-state index in [4.69, 9.17) is 10.1 Å². The van der Waals surface area contributed by atoms with E-state index in [0.29, 0.717) is 12.2 Å². The SMILES string of the molecule is N#Cc1ccc(CO/N=[C]\c2ccc(Br)cc2)cc1. The Morgan fingerprint density at radius 1 is 1.00 bits per heavy atom. The summed E-state index contributed by atoms with van der Waals surface area (Å²) in [6.45, 7) is 0.356. The Bertz CT molecular complexity index is 598. The zero-order valence-electron chi connectivity index (χ0n) is 10.0. The predicted molar refractivity (Wildman–Crippen MR) is 76.6 cm³/mol. The Kier molecular flexibility index (Phi) is 4.71. The van der Waals surface area contributed by atoms with Crippen LogP contribution in [0.2, 0.25) is 0 Å². The number of halogens is 1. The highest BCUT2D eigenvalue weighted by molar-refractivity contribution is 9.10. The van der Waals surface area contributed by atoms with E-state index in [1.807, 2.05) is 36.4 Å². The maximum atomic E-state index is 8.68. The van der Waals surface area contributed by atoms with Crippen molar-refractivity contribution in [1.29, 1.82) is 5.26 Å². The van der Waals surface area contributed by atoms with E-state index in [1.165, 1.54) is 0 Å². The van der Waals surface area contributed by atoms with Crippen molar-refractivity contribution in [3.63, 3.8) is 0 Å². The normalized spacial score (nSPS) is 10.3. The molecule has 0 bridgehead atoms. The molecule has 0 atom stereocenters. The highest BCUT2D eigenvalue weighted by Crippen LogP contribution is 2.09. The van der Waals surface area contributed by atoms with Crippen molar-refractivity contribution in [2.45, 2.75) is 6.61 Å². The average molecular weight is 314 g/mol. The fourth-order valence-electron chi connectivity index (χ4n) is 1.39. The highest BCUT2D eigenvalue weighted by atomic mass is 79.9. The van der Waals surface area contributed by atoms with Gasteiger partial charge in [0.25, 0.3) is 0 Å². The van der Waals surface area contributed by atoms with Crippen molar-refractivity contribution in [3.05, 3.63) is 69.7 Å². The van der Waals surface area contributed by atoms with Crippen LogP contribution in [0.1, 0.15) is 16.7 Å². The van der Waals surface area contributed by atoms with Gasteiger partial charge in [0.1, 0.15) is 12.8 Å². The summed E-state index contributed by atoms with van der Waals surface area (Å²) in [7, 11) is 0. The molecule has 19 heavy (non-hydrogen) atoms. The van der Waals surface area contributed by atoms with Crippen molar-refractivity contribution in [2.75, 3.05) is 0 Å². The van der Waals surface area contributed by atoms with Gasteiger partial charge in [-0.1, -0.05) is 45.4 Å². The van der Waals surface area contributed by atoms with Gasteiger partial charge in [0.15, 0.2) is 0 Å². The van der Waals surface area contributed by atoms with Crippen LogP contribution in [0.15, 0.2) is 58.2 Å². The molecular formula is C15H10BrN2O. The Morgan fingerprint density at radius 3 is 2.26 bits per heavy atom. The summed E-state index contributed by atoms with van der Waals surface area (Å²) in [5.41, 5.74) is 2.44. The zero-order chi connectivity index (χ0) is 13.5. The summed E-state index contributed by atoms with van der Waals surface area (Å²) in [5.74, 6) is 0. The van der Waals surface area contributed by atoms with Crippen molar-refractivity contribution < 1.29 is 4.84 Å². The van der Waals surface area contributed by atoms with Crippen molar-refractivity contribution >= 4 is 22.1 Å². The Hall–Kier alpha value is -2.12. The average Bonchev–Trinajstić information content (AvgIpc) is 2.46. The van der Waals surface area contributed by atoms with E-state index in [1.54, 1.807) is 12.1 Å². The third-order valence-corrected chi connectivity index (χ3v) is 2.93. The van der Waals surface area contributed by atoms with E-state index in [9.17, 15) is 0 Å². The van der Waals surface area contributed by atoms with Crippen LogP contribution in [0, 0.1) is 11.3 Å². The van der Waals surface area contributed by atoms with Gasteiger partial charge in [-0.15, -0.1) is 0 Å². The molecule has 2 aromatic carbocycles. The summed E-state index contributed by atoms with van der Waals surface area (Å²) >= 11 is 3.36. The van der Waals surface area contributed by atoms with Gasteiger partial charge in [-0.25, -0.2) is 0 Å². The van der Waals surface area contributed by atoms with Crippen molar-refractivity contribution in [2.24, 2.45) is 5.16 Å². The number of hydrogen-bond acceptors (Lipinski definition) is 3. The first-order valence-electron chi connectivity index (χ1n) is 5.60. The van der Waals surface area contributed by atoms with Gasteiger partial charge in [-0.3, -0.25) is 0 Å². The Balaban J connectivity index is 1.85. The predicted octanol–water partition coefficient (Wildman–Crippen LogP) is 3.75. The topological polar surface area (TPSA) is 45.4 Å². The van der Waals surface area contributed by atoms with Crippen LogP contribution in [-0.4, -0.2) is 6.21 Å². The van der Waals surface area contributed by atoms with E-state index < -0.39 is 0 Å². The molecule has 0 spiro atoms. The fraction of sp³-hybridized carbons (Fsp3) is 0.0667. The van der Waals surface area contributed by atoms with Gasteiger partial charge in [-0.2, -0.15) is 5.26 Å². The maximum Gasteiger partial charge on any atom is 0.142 e. The van der Waals surface area contributed by atoms with Crippen LogP contribution in [0.3, 0.4) is 0 Å².